The summed E-state index contributed by atoms with van der Waals surface area (Å²) in [6.45, 7) is 15.7. The maximum Gasteiger partial charge on any atom is -0.00690 e. The van der Waals surface area contributed by atoms with Gasteiger partial charge < -0.3 is 0 Å². The first-order valence-corrected chi connectivity index (χ1v) is 9.40. The molecule has 0 amide bonds. The molecule has 5 aliphatic rings. The third-order valence-electron chi connectivity index (χ3n) is 10.4. The lowest BCUT2D eigenvalue weighted by molar-refractivity contribution is 0.0879. The Bertz CT molecular complexity index is 514. The van der Waals surface area contributed by atoms with Crippen LogP contribution in [0.25, 0.3) is 0 Å². The molecule has 5 fully saturated rings. The van der Waals surface area contributed by atoms with E-state index < -0.39 is 0 Å². The molecule has 0 aromatic rings. The summed E-state index contributed by atoms with van der Waals surface area (Å²) in [5.74, 6) is 7.84. The summed E-state index contributed by atoms with van der Waals surface area (Å²) in [6.07, 6.45) is 7.42. The molecule has 6 atom stereocenters. The first-order chi connectivity index (χ1) is 9.66. The fourth-order valence-electron chi connectivity index (χ4n) is 8.49. The Hall–Kier alpha value is 0. The summed E-state index contributed by atoms with van der Waals surface area (Å²) >= 11 is 0. The second-order valence-corrected chi connectivity index (χ2v) is 10.7. The predicted octanol–water partition coefficient (Wildman–Crippen LogP) is 5.68. The molecule has 4 bridgehead atoms. The quantitative estimate of drug-likeness (QED) is 0.536. The molecule has 0 heteroatoms. The predicted molar refractivity (Wildman–Crippen MR) is 87.3 cm³/mol. The zero-order valence-corrected chi connectivity index (χ0v) is 14.8. The molecule has 0 heterocycles. The highest BCUT2D eigenvalue weighted by Crippen LogP contribution is 2.85. The van der Waals surface area contributed by atoms with Gasteiger partial charge in [0.05, 0.1) is 0 Å². The van der Waals surface area contributed by atoms with Gasteiger partial charge in [0.15, 0.2) is 0 Å². The Morgan fingerprint density at radius 2 is 1.52 bits per heavy atom. The van der Waals surface area contributed by atoms with Crippen LogP contribution in [-0.4, -0.2) is 0 Å². The van der Waals surface area contributed by atoms with Crippen molar-refractivity contribution in [3.63, 3.8) is 0 Å². The molecule has 6 unspecified atom stereocenters. The lowest BCUT2D eigenvalue weighted by Gasteiger charge is -2.44. The van der Waals surface area contributed by atoms with E-state index in [-0.39, 0.29) is 0 Å². The van der Waals surface area contributed by atoms with Gasteiger partial charge in [0.2, 0.25) is 0 Å². The Kier molecular flexibility index (Phi) is 2.09. The van der Waals surface area contributed by atoms with E-state index in [2.05, 4.69) is 41.5 Å². The topological polar surface area (TPSA) is 0 Å². The van der Waals surface area contributed by atoms with Crippen LogP contribution in [0.2, 0.25) is 0 Å². The molecule has 0 aliphatic heterocycles. The largest absolute Gasteiger partial charge is 0.0591 e. The van der Waals surface area contributed by atoms with E-state index in [1.165, 1.54) is 32.1 Å². The van der Waals surface area contributed by atoms with Crippen LogP contribution in [0.3, 0.4) is 0 Å². The molecular weight excluding hydrogens is 252 g/mol. The van der Waals surface area contributed by atoms with Crippen molar-refractivity contribution < 1.29 is 0 Å². The van der Waals surface area contributed by atoms with Gasteiger partial charge in [-0.25, -0.2) is 0 Å². The van der Waals surface area contributed by atoms with Crippen molar-refractivity contribution in [1.82, 2.24) is 0 Å². The third-order valence-corrected chi connectivity index (χ3v) is 10.4. The van der Waals surface area contributed by atoms with Crippen LogP contribution in [-0.2, 0) is 0 Å². The number of hydrogen-bond acceptors (Lipinski definition) is 0. The number of fused-ring (bicyclic) bond motifs is 11. The van der Waals surface area contributed by atoms with Crippen LogP contribution in [0.1, 0.15) is 73.6 Å². The van der Waals surface area contributed by atoms with Crippen LogP contribution in [0.15, 0.2) is 0 Å². The van der Waals surface area contributed by atoms with E-state index in [1.807, 2.05) is 11.8 Å². The van der Waals surface area contributed by atoms with Gasteiger partial charge in [0.1, 0.15) is 0 Å². The zero-order valence-electron chi connectivity index (χ0n) is 14.8. The van der Waals surface area contributed by atoms with Gasteiger partial charge in [-0.3, -0.25) is 0 Å². The highest BCUT2D eigenvalue weighted by molar-refractivity contribution is 5.48. The van der Waals surface area contributed by atoms with Crippen molar-refractivity contribution in [1.29, 1.82) is 0 Å². The molecule has 2 radical (unpaired) electrons. The van der Waals surface area contributed by atoms with Crippen LogP contribution >= 0.6 is 0 Å². The Morgan fingerprint density at radius 1 is 0.810 bits per heavy atom. The van der Waals surface area contributed by atoms with E-state index in [0.717, 1.165) is 23.7 Å². The molecule has 116 valence electrons. The molecule has 5 rings (SSSR count). The summed E-state index contributed by atoms with van der Waals surface area (Å²) in [5, 5.41) is 0. The van der Waals surface area contributed by atoms with Crippen LogP contribution in [0.4, 0.5) is 0 Å². The summed E-state index contributed by atoms with van der Waals surface area (Å²) in [6, 6.07) is 0. The standard InChI is InChI=1S/C21H32/c1-18(2)13-7-10-21(18,6)17-12(13)11-15-16(17)14-8-9-20(15,5)19(14,3)4/h13-16H,7-11H2,1-6H3. The Labute approximate surface area is 131 Å². The van der Waals surface area contributed by atoms with E-state index >= 15 is 0 Å². The highest BCUT2D eigenvalue weighted by atomic mass is 14.8. The molecule has 0 aromatic carbocycles. The molecule has 0 nitrogen and oxygen atoms in total. The zero-order chi connectivity index (χ0) is 15.0. The SMILES string of the molecule is CC12CCC([C]3CC4C([C]31)C1CCC4(C)C1(C)C)C2(C)C. The molecule has 5 aliphatic carbocycles. The maximum absolute atomic E-state index is 2.65. The fraction of sp³-hybridized carbons (Fsp3) is 0.905. The van der Waals surface area contributed by atoms with Crippen LogP contribution in [0, 0.1) is 57.2 Å². The lowest BCUT2D eigenvalue weighted by atomic mass is 9.60. The van der Waals surface area contributed by atoms with Gasteiger partial charge in [0.25, 0.3) is 0 Å². The Morgan fingerprint density at radius 3 is 2.24 bits per heavy atom. The minimum Gasteiger partial charge on any atom is -0.0591 e. The van der Waals surface area contributed by atoms with Gasteiger partial charge in [-0.2, -0.15) is 0 Å². The average Bonchev–Trinajstić information content (AvgIpc) is 3.03. The molecule has 5 saturated carbocycles. The summed E-state index contributed by atoms with van der Waals surface area (Å²) < 4.78 is 0. The molecule has 21 heavy (non-hydrogen) atoms. The summed E-state index contributed by atoms with van der Waals surface area (Å²) in [4.78, 5) is 0. The molecule has 0 N–H and O–H groups in total. The van der Waals surface area contributed by atoms with Crippen LogP contribution in [0.5, 0.6) is 0 Å². The van der Waals surface area contributed by atoms with E-state index in [1.54, 1.807) is 0 Å². The van der Waals surface area contributed by atoms with Gasteiger partial charge in [-0.15, -0.1) is 0 Å². The van der Waals surface area contributed by atoms with Crippen LogP contribution < -0.4 is 0 Å². The molecule has 0 saturated heterocycles. The molecule has 0 aromatic heterocycles. The lowest BCUT2D eigenvalue weighted by Crippen LogP contribution is -2.37. The average molecular weight is 284 g/mol. The van der Waals surface area contributed by atoms with Gasteiger partial charge in [-0.1, -0.05) is 41.5 Å². The molecule has 0 spiro atoms. The fourth-order valence-corrected chi connectivity index (χ4v) is 8.49. The van der Waals surface area contributed by atoms with Crippen molar-refractivity contribution in [3.8, 4) is 0 Å². The summed E-state index contributed by atoms with van der Waals surface area (Å²) in [7, 11) is 0. The minimum absolute atomic E-state index is 0.531. The van der Waals surface area contributed by atoms with Crippen molar-refractivity contribution in [2.75, 3.05) is 0 Å². The van der Waals surface area contributed by atoms with E-state index in [9.17, 15) is 0 Å². The number of hydrogen-bond donors (Lipinski definition) is 0. The maximum atomic E-state index is 2.65. The minimum atomic E-state index is 0.531. The van der Waals surface area contributed by atoms with Crippen molar-refractivity contribution in [3.05, 3.63) is 11.8 Å². The first-order valence-electron chi connectivity index (χ1n) is 9.40. The smallest absolute Gasteiger partial charge is 0.00690 e. The first kappa shape index (κ1) is 13.4. The third kappa shape index (κ3) is 1.07. The van der Waals surface area contributed by atoms with Crippen molar-refractivity contribution in [2.24, 2.45) is 45.3 Å². The van der Waals surface area contributed by atoms with Crippen molar-refractivity contribution in [2.45, 2.75) is 73.6 Å². The van der Waals surface area contributed by atoms with Gasteiger partial charge in [-0.05, 0) is 89.3 Å². The van der Waals surface area contributed by atoms with E-state index in [0.29, 0.717) is 21.7 Å². The second kappa shape index (κ2) is 3.27. The molecular formula is C21H32. The normalized spacial score (nSPS) is 59.7. The second-order valence-electron chi connectivity index (χ2n) is 10.7. The van der Waals surface area contributed by atoms with E-state index in [4.69, 9.17) is 0 Å². The van der Waals surface area contributed by atoms with Crippen molar-refractivity contribution >= 4 is 0 Å². The van der Waals surface area contributed by atoms with Gasteiger partial charge >= 0.3 is 0 Å². The number of rotatable bonds is 0. The Balaban J connectivity index is 1.64. The highest BCUT2D eigenvalue weighted by Gasteiger charge is 2.78. The van der Waals surface area contributed by atoms with Gasteiger partial charge in [0, 0.05) is 0 Å². The monoisotopic (exact) mass is 284 g/mol. The summed E-state index contributed by atoms with van der Waals surface area (Å²) in [5.41, 5.74) is 2.26.